The van der Waals surface area contributed by atoms with E-state index in [1.54, 1.807) is 26.0 Å². The standard InChI is InChI=1S/C12H12N2O3/c1-7-8(2)13-14(11(7)15)10-5-3-9(4-6-10)12(16)17/h3-6,15H,1-2H3,(H,16,17). The Kier molecular flexibility index (Phi) is 2.59. The number of hydrogen-bond acceptors (Lipinski definition) is 3. The zero-order chi connectivity index (χ0) is 12.6. The van der Waals surface area contributed by atoms with Gasteiger partial charge in [0.05, 0.1) is 16.9 Å². The van der Waals surface area contributed by atoms with Crippen LogP contribution in [0.4, 0.5) is 0 Å². The molecule has 0 aliphatic rings. The largest absolute Gasteiger partial charge is 0.493 e. The summed E-state index contributed by atoms with van der Waals surface area (Å²) in [5.74, 6) is -0.904. The number of benzene rings is 1. The lowest BCUT2D eigenvalue weighted by Crippen LogP contribution is -1.99. The molecule has 0 aliphatic carbocycles. The summed E-state index contributed by atoms with van der Waals surface area (Å²) in [5.41, 5.74) is 2.29. The molecule has 0 saturated carbocycles. The normalized spacial score (nSPS) is 10.5. The molecule has 1 aromatic carbocycles. The predicted molar refractivity (Wildman–Crippen MR) is 61.7 cm³/mol. The van der Waals surface area contributed by atoms with Gasteiger partial charge >= 0.3 is 5.97 Å². The number of carboxylic acid groups (broad SMARTS) is 1. The van der Waals surface area contributed by atoms with Crippen molar-refractivity contribution in [1.82, 2.24) is 9.78 Å². The van der Waals surface area contributed by atoms with Gasteiger partial charge in [-0.1, -0.05) is 0 Å². The second kappa shape index (κ2) is 3.93. The van der Waals surface area contributed by atoms with Gasteiger partial charge in [0, 0.05) is 5.56 Å². The summed E-state index contributed by atoms with van der Waals surface area (Å²) in [4.78, 5) is 10.7. The lowest BCUT2D eigenvalue weighted by Gasteiger charge is -2.03. The fourth-order valence-corrected chi connectivity index (χ4v) is 1.52. The van der Waals surface area contributed by atoms with Crippen LogP contribution in [0.15, 0.2) is 24.3 Å². The van der Waals surface area contributed by atoms with Crippen molar-refractivity contribution < 1.29 is 15.0 Å². The third kappa shape index (κ3) is 1.87. The number of aromatic nitrogens is 2. The van der Waals surface area contributed by atoms with Gasteiger partial charge in [0.15, 0.2) is 0 Å². The van der Waals surface area contributed by atoms with E-state index in [2.05, 4.69) is 5.10 Å². The predicted octanol–water partition coefficient (Wildman–Crippen LogP) is 1.89. The van der Waals surface area contributed by atoms with Crippen LogP contribution in [0, 0.1) is 13.8 Å². The van der Waals surface area contributed by atoms with E-state index in [-0.39, 0.29) is 11.4 Å². The van der Waals surface area contributed by atoms with Crippen LogP contribution in [0.3, 0.4) is 0 Å². The monoisotopic (exact) mass is 232 g/mol. The Morgan fingerprint density at radius 3 is 2.24 bits per heavy atom. The Balaban J connectivity index is 2.47. The van der Waals surface area contributed by atoms with Gasteiger partial charge in [-0.3, -0.25) is 0 Å². The molecule has 2 aromatic rings. The van der Waals surface area contributed by atoms with E-state index in [9.17, 15) is 9.90 Å². The summed E-state index contributed by atoms with van der Waals surface area (Å²) in [6, 6.07) is 6.16. The van der Waals surface area contributed by atoms with Crippen molar-refractivity contribution in [3.05, 3.63) is 41.1 Å². The number of rotatable bonds is 2. The highest BCUT2D eigenvalue weighted by molar-refractivity contribution is 5.87. The molecular formula is C12H12N2O3. The van der Waals surface area contributed by atoms with E-state index < -0.39 is 5.97 Å². The average Bonchev–Trinajstić information content (AvgIpc) is 2.57. The Labute approximate surface area is 97.9 Å². The maximum absolute atomic E-state index is 10.7. The molecule has 0 fully saturated rings. The van der Waals surface area contributed by atoms with E-state index in [1.807, 2.05) is 0 Å². The zero-order valence-corrected chi connectivity index (χ0v) is 9.51. The lowest BCUT2D eigenvalue weighted by atomic mass is 10.2. The van der Waals surface area contributed by atoms with E-state index in [0.29, 0.717) is 11.3 Å². The highest BCUT2D eigenvalue weighted by Crippen LogP contribution is 2.23. The Morgan fingerprint density at radius 2 is 1.82 bits per heavy atom. The smallest absolute Gasteiger partial charge is 0.335 e. The van der Waals surface area contributed by atoms with Gasteiger partial charge in [-0.25, -0.2) is 9.48 Å². The van der Waals surface area contributed by atoms with Gasteiger partial charge in [-0.15, -0.1) is 0 Å². The number of aromatic carboxylic acids is 1. The van der Waals surface area contributed by atoms with Crippen molar-refractivity contribution in [3.8, 4) is 11.6 Å². The average molecular weight is 232 g/mol. The van der Waals surface area contributed by atoms with Crippen LogP contribution in [0.5, 0.6) is 5.88 Å². The maximum atomic E-state index is 10.7. The summed E-state index contributed by atoms with van der Waals surface area (Å²) < 4.78 is 1.39. The van der Waals surface area contributed by atoms with E-state index in [1.165, 1.54) is 16.8 Å². The molecular weight excluding hydrogens is 220 g/mol. The Bertz CT molecular complexity index is 570. The Hall–Kier alpha value is -2.30. The molecule has 1 heterocycles. The molecule has 0 saturated heterocycles. The SMILES string of the molecule is Cc1nn(-c2ccc(C(=O)O)cc2)c(O)c1C. The zero-order valence-electron chi connectivity index (χ0n) is 9.51. The minimum Gasteiger partial charge on any atom is -0.493 e. The summed E-state index contributed by atoms with van der Waals surface area (Å²) in [5, 5.41) is 22.8. The van der Waals surface area contributed by atoms with Crippen LogP contribution >= 0.6 is 0 Å². The van der Waals surface area contributed by atoms with Crippen molar-refractivity contribution in [2.75, 3.05) is 0 Å². The first-order valence-electron chi connectivity index (χ1n) is 5.09. The van der Waals surface area contributed by atoms with Gasteiger partial charge in [-0.2, -0.15) is 5.10 Å². The minimum absolute atomic E-state index is 0.0746. The van der Waals surface area contributed by atoms with Crippen molar-refractivity contribution in [2.45, 2.75) is 13.8 Å². The van der Waals surface area contributed by atoms with E-state index >= 15 is 0 Å². The van der Waals surface area contributed by atoms with Gasteiger partial charge in [0.1, 0.15) is 0 Å². The first-order valence-corrected chi connectivity index (χ1v) is 5.09. The fourth-order valence-electron chi connectivity index (χ4n) is 1.52. The lowest BCUT2D eigenvalue weighted by molar-refractivity contribution is 0.0697. The highest BCUT2D eigenvalue weighted by atomic mass is 16.4. The van der Waals surface area contributed by atoms with Crippen LogP contribution < -0.4 is 0 Å². The first kappa shape index (κ1) is 11.2. The van der Waals surface area contributed by atoms with Gasteiger partial charge in [0.2, 0.25) is 5.88 Å². The minimum atomic E-state index is -0.978. The molecule has 0 bridgehead atoms. The second-order valence-corrected chi connectivity index (χ2v) is 3.80. The van der Waals surface area contributed by atoms with Gasteiger partial charge < -0.3 is 10.2 Å². The molecule has 0 radical (unpaired) electrons. The molecule has 0 spiro atoms. The summed E-state index contributed by atoms with van der Waals surface area (Å²) >= 11 is 0. The molecule has 5 heteroatoms. The van der Waals surface area contributed by atoms with Crippen LogP contribution in [-0.4, -0.2) is 26.0 Å². The Morgan fingerprint density at radius 1 is 1.24 bits per heavy atom. The highest BCUT2D eigenvalue weighted by Gasteiger charge is 2.12. The van der Waals surface area contributed by atoms with Crippen LogP contribution in [0.25, 0.3) is 5.69 Å². The van der Waals surface area contributed by atoms with E-state index in [0.717, 1.165) is 5.69 Å². The molecule has 88 valence electrons. The molecule has 2 N–H and O–H groups in total. The summed E-state index contributed by atoms with van der Waals surface area (Å²) in [7, 11) is 0. The molecule has 0 atom stereocenters. The third-order valence-corrected chi connectivity index (χ3v) is 2.69. The molecule has 17 heavy (non-hydrogen) atoms. The van der Waals surface area contributed by atoms with Crippen LogP contribution in [0.2, 0.25) is 0 Å². The first-order chi connectivity index (χ1) is 8.00. The van der Waals surface area contributed by atoms with Crippen molar-refractivity contribution in [1.29, 1.82) is 0 Å². The van der Waals surface area contributed by atoms with Crippen molar-refractivity contribution >= 4 is 5.97 Å². The summed E-state index contributed by atoms with van der Waals surface area (Å²) in [6.07, 6.45) is 0. The third-order valence-electron chi connectivity index (χ3n) is 2.69. The number of carboxylic acids is 1. The topological polar surface area (TPSA) is 75.4 Å². The second-order valence-electron chi connectivity index (χ2n) is 3.80. The number of aryl methyl sites for hydroxylation is 1. The van der Waals surface area contributed by atoms with Crippen molar-refractivity contribution in [2.24, 2.45) is 0 Å². The summed E-state index contributed by atoms with van der Waals surface area (Å²) in [6.45, 7) is 3.58. The molecule has 1 aromatic heterocycles. The molecule has 5 nitrogen and oxygen atoms in total. The van der Waals surface area contributed by atoms with Crippen LogP contribution in [0.1, 0.15) is 21.6 Å². The van der Waals surface area contributed by atoms with Crippen LogP contribution in [-0.2, 0) is 0 Å². The molecule has 2 rings (SSSR count). The van der Waals surface area contributed by atoms with E-state index in [4.69, 9.17) is 5.11 Å². The quantitative estimate of drug-likeness (QED) is 0.829. The number of nitrogens with zero attached hydrogens (tertiary/aromatic N) is 2. The van der Waals surface area contributed by atoms with Gasteiger partial charge in [0.25, 0.3) is 0 Å². The van der Waals surface area contributed by atoms with Gasteiger partial charge in [-0.05, 0) is 38.1 Å². The fraction of sp³-hybridized carbons (Fsp3) is 0.167. The molecule has 0 unspecified atom stereocenters. The van der Waals surface area contributed by atoms with Crippen molar-refractivity contribution in [3.63, 3.8) is 0 Å². The number of hydrogen-bond donors (Lipinski definition) is 2. The molecule has 0 aliphatic heterocycles. The maximum Gasteiger partial charge on any atom is 0.335 e. The molecule has 0 amide bonds. The number of aromatic hydroxyl groups is 1. The number of carbonyl (C=O) groups is 1.